The largest absolute Gasteiger partial charge is 0.462 e. The van der Waals surface area contributed by atoms with Gasteiger partial charge in [-0.2, -0.15) is 0 Å². The van der Waals surface area contributed by atoms with Gasteiger partial charge in [0.05, 0.1) is 5.92 Å². The highest BCUT2D eigenvalue weighted by Gasteiger charge is 2.08. The Bertz CT molecular complexity index is 718. The summed E-state index contributed by atoms with van der Waals surface area (Å²) >= 11 is 0. The van der Waals surface area contributed by atoms with Crippen molar-refractivity contribution in [2.45, 2.75) is 117 Å². The summed E-state index contributed by atoms with van der Waals surface area (Å²) in [6.45, 7) is 6.12. The average Bonchev–Trinajstić information content (AvgIpc) is 2.93. The van der Waals surface area contributed by atoms with E-state index in [-0.39, 0.29) is 49.1 Å². The highest BCUT2D eigenvalue weighted by molar-refractivity contribution is 14.0. The Morgan fingerprint density at radius 2 is 1.18 bits per heavy atom. The van der Waals surface area contributed by atoms with Crippen molar-refractivity contribution < 1.29 is 19.1 Å². The molecule has 0 atom stereocenters. The standard InChI is InChI=1S/C33H58N2O4.HI/c1-30(2)32(36)38-28-29-39-33(37)34-25-27-35(3)26-21-16-14-12-10-8-6-4-5-7-9-11-13-15-18-22-31-23-19-17-20-24-31;/h17,19-20,23-24,30H,4-16,18,21-22,25-29H2,1-3H3,(H,34,37);1H. The van der Waals surface area contributed by atoms with Crippen LogP contribution in [0.1, 0.15) is 116 Å². The molecule has 0 saturated carbocycles. The zero-order chi connectivity index (χ0) is 28.4. The second-order valence-corrected chi connectivity index (χ2v) is 11.2. The van der Waals surface area contributed by atoms with Crippen LogP contribution in [0.4, 0.5) is 4.79 Å². The highest BCUT2D eigenvalue weighted by atomic mass is 127. The van der Waals surface area contributed by atoms with Crippen molar-refractivity contribution in [3.05, 3.63) is 35.9 Å². The molecule has 0 spiro atoms. The lowest BCUT2D eigenvalue weighted by Crippen LogP contribution is -2.34. The molecule has 1 aromatic rings. The quantitative estimate of drug-likeness (QED) is 0.0640. The number of carbonyl (C=O) groups excluding carboxylic acids is 2. The van der Waals surface area contributed by atoms with Crippen molar-refractivity contribution in [1.82, 2.24) is 10.2 Å². The van der Waals surface area contributed by atoms with Crippen LogP contribution in [0.5, 0.6) is 0 Å². The van der Waals surface area contributed by atoms with E-state index in [4.69, 9.17) is 9.47 Å². The summed E-state index contributed by atoms with van der Waals surface area (Å²) in [7, 11) is 2.09. The number of unbranched alkanes of at least 4 members (excludes halogenated alkanes) is 14. The van der Waals surface area contributed by atoms with E-state index in [1.807, 2.05) is 0 Å². The molecule has 0 unspecified atom stereocenters. The first-order chi connectivity index (χ1) is 19.0. The van der Waals surface area contributed by atoms with Crippen LogP contribution >= 0.6 is 24.0 Å². The number of amides is 1. The predicted octanol–water partition coefficient (Wildman–Crippen LogP) is 8.56. The molecular formula is C33H59IN2O4. The molecule has 0 aliphatic carbocycles. The summed E-state index contributed by atoms with van der Waals surface area (Å²) in [5, 5.41) is 2.74. The van der Waals surface area contributed by atoms with Gasteiger partial charge in [-0.15, -0.1) is 24.0 Å². The van der Waals surface area contributed by atoms with Crippen LogP contribution in [0, 0.1) is 5.92 Å². The third-order valence-electron chi connectivity index (χ3n) is 7.14. The summed E-state index contributed by atoms with van der Waals surface area (Å²) in [4.78, 5) is 25.2. The van der Waals surface area contributed by atoms with E-state index in [0.717, 1.165) is 13.1 Å². The number of esters is 1. The van der Waals surface area contributed by atoms with Gasteiger partial charge in [-0.3, -0.25) is 4.79 Å². The van der Waals surface area contributed by atoms with Crippen molar-refractivity contribution in [2.24, 2.45) is 5.92 Å². The number of nitrogens with zero attached hydrogens (tertiary/aromatic N) is 1. The van der Waals surface area contributed by atoms with Crippen molar-refractivity contribution in [3.63, 3.8) is 0 Å². The molecule has 40 heavy (non-hydrogen) atoms. The number of nitrogens with one attached hydrogen (secondary N) is 1. The van der Waals surface area contributed by atoms with Gasteiger partial charge < -0.3 is 19.7 Å². The summed E-state index contributed by atoms with van der Waals surface area (Å²) in [5.41, 5.74) is 1.48. The molecule has 0 aromatic heterocycles. The van der Waals surface area contributed by atoms with Crippen LogP contribution in [-0.2, 0) is 20.7 Å². The van der Waals surface area contributed by atoms with Gasteiger partial charge in [0.15, 0.2) is 0 Å². The molecule has 0 fully saturated rings. The smallest absolute Gasteiger partial charge is 0.407 e. The molecule has 0 heterocycles. The number of hydrogen-bond acceptors (Lipinski definition) is 5. The monoisotopic (exact) mass is 674 g/mol. The molecule has 1 amide bonds. The number of benzene rings is 1. The van der Waals surface area contributed by atoms with Crippen molar-refractivity contribution in [1.29, 1.82) is 0 Å². The average molecular weight is 675 g/mol. The fourth-order valence-corrected chi connectivity index (χ4v) is 4.61. The predicted molar refractivity (Wildman–Crippen MR) is 177 cm³/mol. The van der Waals surface area contributed by atoms with Crippen LogP contribution in [-0.4, -0.2) is 56.9 Å². The fraction of sp³-hybridized carbons (Fsp3) is 0.758. The number of aryl methyl sites for hydroxylation is 1. The summed E-state index contributed by atoms with van der Waals surface area (Å²) < 4.78 is 9.99. The summed E-state index contributed by atoms with van der Waals surface area (Å²) in [5.74, 6) is -0.450. The number of hydrogen-bond donors (Lipinski definition) is 1. The van der Waals surface area contributed by atoms with Crippen LogP contribution in [0.15, 0.2) is 30.3 Å². The van der Waals surface area contributed by atoms with E-state index >= 15 is 0 Å². The maximum absolute atomic E-state index is 11.7. The Hall–Kier alpha value is -1.35. The number of alkyl carbamates (subject to hydrolysis) is 1. The first kappa shape index (κ1) is 38.6. The summed E-state index contributed by atoms with van der Waals surface area (Å²) in [6, 6.07) is 10.9. The van der Waals surface area contributed by atoms with E-state index in [1.54, 1.807) is 13.8 Å². The normalized spacial score (nSPS) is 10.9. The van der Waals surface area contributed by atoms with Gasteiger partial charge in [0, 0.05) is 13.1 Å². The minimum absolute atomic E-state index is 0. The fourth-order valence-electron chi connectivity index (χ4n) is 4.61. The van der Waals surface area contributed by atoms with E-state index in [2.05, 4.69) is 47.6 Å². The van der Waals surface area contributed by atoms with E-state index < -0.39 is 6.09 Å². The number of ether oxygens (including phenoxy) is 2. The molecule has 232 valence electrons. The van der Waals surface area contributed by atoms with Crippen LogP contribution in [0.2, 0.25) is 0 Å². The topological polar surface area (TPSA) is 67.9 Å². The Balaban J connectivity index is 0.0000152. The molecule has 1 aromatic carbocycles. The third-order valence-corrected chi connectivity index (χ3v) is 7.14. The molecule has 6 nitrogen and oxygen atoms in total. The van der Waals surface area contributed by atoms with E-state index in [0.29, 0.717) is 6.54 Å². The summed E-state index contributed by atoms with van der Waals surface area (Å²) in [6.07, 6.45) is 21.3. The second-order valence-electron chi connectivity index (χ2n) is 11.2. The molecular weight excluding hydrogens is 615 g/mol. The maximum atomic E-state index is 11.7. The van der Waals surface area contributed by atoms with Crippen molar-refractivity contribution >= 4 is 36.0 Å². The molecule has 0 radical (unpaired) electrons. The van der Waals surface area contributed by atoms with Gasteiger partial charge in [-0.05, 0) is 38.4 Å². The number of halogens is 1. The molecule has 1 rings (SSSR count). The molecule has 0 aliphatic rings. The van der Waals surface area contributed by atoms with Crippen LogP contribution < -0.4 is 5.32 Å². The minimum Gasteiger partial charge on any atom is -0.462 e. The van der Waals surface area contributed by atoms with Gasteiger partial charge in [-0.25, -0.2) is 4.79 Å². The Labute approximate surface area is 262 Å². The lowest BCUT2D eigenvalue weighted by molar-refractivity contribution is -0.148. The van der Waals surface area contributed by atoms with Crippen LogP contribution in [0.25, 0.3) is 0 Å². The van der Waals surface area contributed by atoms with Gasteiger partial charge >= 0.3 is 12.1 Å². The molecule has 0 aliphatic heterocycles. The third kappa shape index (κ3) is 24.4. The van der Waals surface area contributed by atoms with E-state index in [9.17, 15) is 9.59 Å². The lowest BCUT2D eigenvalue weighted by atomic mass is 10.0. The maximum Gasteiger partial charge on any atom is 0.407 e. The van der Waals surface area contributed by atoms with Gasteiger partial charge in [0.1, 0.15) is 13.2 Å². The number of rotatable bonds is 25. The first-order valence-corrected chi connectivity index (χ1v) is 15.8. The SMILES string of the molecule is CC(C)C(=O)OCCOC(=O)NCCN(C)CCCCCCCCCCCCCCCCCc1ccccc1.I. The van der Waals surface area contributed by atoms with Crippen molar-refractivity contribution in [2.75, 3.05) is 39.9 Å². The minimum atomic E-state index is -0.464. The zero-order valence-corrected chi connectivity index (χ0v) is 28.1. The van der Waals surface area contributed by atoms with Crippen LogP contribution in [0.3, 0.4) is 0 Å². The molecule has 7 heteroatoms. The van der Waals surface area contributed by atoms with Gasteiger partial charge in [0.2, 0.25) is 0 Å². The second kappa shape index (κ2) is 27.8. The molecule has 1 N–H and O–H groups in total. The Morgan fingerprint density at radius 3 is 1.70 bits per heavy atom. The number of carbonyl (C=O) groups is 2. The van der Waals surface area contributed by atoms with E-state index in [1.165, 1.54) is 108 Å². The van der Waals surface area contributed by atoms with Crippen molar-refractivity contribution in [3.8, 4) is 0 Å². The van der Waals surface area contributed by atoms with Gasteiger partial charge in [0.25, 0.3) is 0 Å². The Kier molecular flexibility index (Phi) is 26.9. The Morgan fingerprint density at radius 1 is 0.700 bits per heavy atom. The lowest BCUT2D eigenvalue weighted by Gasteiger charge is -2.16. The van der Waals surface area contributed by atoms with Gasteiger partial charge in [-0.1, -0.05) is 128 Å². The zero-order valence-electron chi connectivity index (χ0n) is 25.8. The molecule has 0 bridgehead atoms. The number of likely N-dealkylation sites (N-methyl/N-ethyl adjacent to an activating group) is 1. The molecule has 0 saturated heterocycles. The highest BCUT2D eigenvalue weighted by Crippen LogP contribution is 2.14. The first-order valence-electron chi connectivity index (χ1n) is 15.8.